The maximum atomic E-state index is 14.6. The number of hydrogen-bond donors (Lipinski definition) is 16. The molecule has 22 N–H and O–H groups in total. The van der Waals surface area contributed by atoms with Gasteiger partial charge in [0.2, 0.25) is 0 Å². The number of rotatable bonds is 20. The van der Waals surface area contributed by atoms with Crippen LogP contribution in [0.3, 0.4) is 0 Å². The largest absolute Gasteiger partial charge is 0.491 e. The van der Waals surface area contributed by atoms with Gasteiger partial charge in [-0.25, -0.2) is 0 Å². The Balaban J connectivity index is 2.23. The van der Waals surface area contributed by atoms with Gasteiger partial charge in [0.25, 0.3) is 11.8 Å². The molecule has 0 heterocycles. The normalized spacial score (nSPS) is 11.2. The quantitative estimate of drug-likeness (QED) is 0.0255. The van der Waals surface area contributed by atoms with E-state index in [1.54, 1.807) is 0 Å². The third-order valence-electron chi connectivity index (χ3n) is 8.71. The topological polar surface area (TPSA) is 376 Å². The van der Waals surface area contributed by atoms with Crippen molar-refractivity contribution in [3.05, 3.63) is 58.7 Å². The average Bonchev–Trinajstić information content (AvgIpc) is 3.15. The van der Waals surface area contributed by atoms with Crippen LogP contribution in [0.2, 0.25) is 0 Å². The highest BCUT2D eigenvalue weighted by molar-refractivity contribution is 7.99. The summed E-state index contributed by atoms with van der Waals surface area (Å²) in [6, 6.07) is 10.2. The smallest absolute Gasteiger partial charge is 0.259 e. The summed E-state index contributed by atoms with van der Waals surface area (Å²) in [7, 11) is 0. The minimum Gasteiger partial charge on any atom is -0.491 e. The van der Waals surface area contributed by atoms with E-state index in [1.807, 2.05) is 65.8 Å². The maximum Gasteiger partial charge on any atom is 0.259 e. The number of nitrogen functional groups attached to an aromatic ring is 2. The van der Waals surface area contributed by atoms with E-state index in [9.17, 15) is 9.59 Å². The lowest BCUT2D eigenvalue weighted by atomic mass is 9.86. The van der Waals surface area contributed by atoms with Crippen molar-refractivity contribution in [2.75, 3.05) is 73.0 Å². The zero-order valence-corrected chi connectivity index (χ0v) is 37.7. The van der Waals surface area contributed by atoms with E-state index in [4.69, 9.17) is 65.5 Å². The first-order valence-corrected chi connectivity index (χ1v) is 21.5. The number of carbonyl (C=O) groups excluding carboxylic acids is 2. The van der Waals surface area contributed by atoms with Gasteiger partial charge < -0.3 is 75.8 Å². The molecule has 0 aliphatic heterocycles. The second-order valence-corrected chi connectivity index (χ2v) is 18.1. The zero-order valence-electron chi connectivity index (χ0n) is 36.0. The van der Waals surface area contributed by atoms with Crippen LogP contribution in [0, 0.1) is 21.6 Å². The number of amides is 2. The van der Waals surface area contributed by atoms with E-state index in [0.29, 0.717) is 57.1 Å². The predicted octanol–water partition coefficient (Wildman–Crippen LogP) is 2.82. The summed E-state index contributed by atoms with van der Waals surface area (Å²) in [5.74, 6) is -1.16. The summed E-state index contributed by atoms with van der Waals surface area (Å²) in [6.45, 7) is 13.0. The highest BCUT2D eigenvalue weighted by Gasteiger charge is 2.26. The van der Waals surface area contributed by atoms with Crippen LogP contribution in [0.4, 0.5) is 22.7 Å². The molecule has 20 nitrogen and oxygen atoms in total. The minimum atomic E-state index is -0.638. The Kier molecular flexibility index (Phi) is 18.1. The zero-order chi connectivity index (χ0) is 46.4. The first-order valence-electron chi connectivity index (χ1n) is 19.5. The average molecular weight is 895 g/mol. The molecule has 2 amide bonds. The van der Waals surface area contributed by atoms with Gasteiger partial charge in [-0.2, -0.15) is 0 Å². The van der Waals surface area contributed by atoms with Gasteiger partial charge in [-0.3, -0.25) is 31.2 Å². The maximum absolute atomic E-state index is 14.6. The van der Waals surface area contributed by atoms with Crippen molar-refractivity contribution in [1.82, 2.24) is 21.3 Å². The third-order valence-corrected chi connectivity index (χ3v) is 11.0. The van der Waals surface area contributed by atoms with Crippen molar-refractivity contribution in [2.45, 2.75) is 62.2 Å². The van der Waals surface area contributed by atoms with Crippen molar-refractivity contribution < 1.29 is 19.1 Å². The summed E-state index contributed by atoms with van der Waals surface area (Å²) < 4.78 is 12.2. The van der Waals surface area contributed by atoms with Crippen LogP contribution in [-0.2, 0) is 10.8 Å². The molecule has 0 unspecified atom stereocenters. The first-order chi connectivity index (χ1) is 29.0. The molecule has 0 bridgehead atoms. The molecule has 338 valence electrons. The first kappa shape index (κ1) is 49.9. The number of benzene rings is 3. The van der Waals surface area contributed by atoms with Crippen molar-refractivity contribution >= 4 is 81.9 Å². The summed E-state index contributed by atoms with van der Waals surface area (Å²) >= 11 is 2.72. The molecule has 0 saturated carbocycles. The van der Waals surface area contributed by atoms with E-state index >= 15 is 0 Å². The molecule has 0 aromatic heterocycles. The molecule has 0 saturated heterocycles. The highest BCUT2D eigenvalue weighted by atomic mass is 32.2. The molecule has 0 fully saturated rings. The fourth-order valence-electron chi connectivity index (χ4n) is 5.58. The van der Waals surface area contributed by atoms with Crippen molar-refractivity contribution in [3.8, 4) is 11.5 Å². The standard InChI is InChI=1S/C40H62N16O4S2/c1-39(2,3)21-15-25(41)31(61-13-9-53-37(47)48)27(17-21)55-33(57)23-19-24(30(60-12-8-52-36(45)46)20-29(23)59-11-7-51-35(43)44)34(58)56-28-18-22(40(4,5)6)16-26(42)32(28)62-14-10-54-38(49)50/h15-20H,7-14,41-42H2,1-6H3,(H,55,57)(H,56,58)(H4,43,44,51)(H4,45,46,52)(H4,47,48,53)(H4,49,50,54). The van der Waals surface area contributed by atoms with Gasteiger partial charge in [-0.15, -0.1) is 23.5 Å². The van der Waals surface area contributed by atoms with E-state index in [0.717, 1.165) is 11.1 Å². The van der Waals surface area contributed by atoms with Gasteiger partial charge in [0, 0.05) is 42.0 Å². The molecule has 0 aliphatic rings. The number of hydrogen-bond acceptors (Lipinski definition) is 12. The van der Waals surface area contributed by atoms with Crippen LogP contribution in [0.15, 0.2) is 46.2 Å². The van der Waals surface area contributed by atoms with E-state index in [-0.39, 0.29) is 83.6 Å². The molecule has 0 spiro atoms. The number of guanidine groups is 4. The van der Waals surface area contributed by atoms with Gasteiger partial charge in [0.1, 0.15) is 24.7 Å². The van der Waals surface area contributed by atoms with Crippen LogP contribution in [-0.4, -0.2) is 86.6 Å². The van der Waals surface area contributed by atoms with Gasteiger partial charge in [0.05, 0.1) is 45.4 Å². The molecular formula is C40H62N16O4S2. The van der Waals surface area contributed by atoms with Crippen molar-refractivity contribution in [3.63, 3.8) is 0 Å². The number of anilines is 4. The van der Waals surface area contributed by atoms with Gasteiger partial charge >= 0.3 is 0 Å². The van der Waals surface area contributed by atoms with Crippen LogP contribution in [0.5, 0.6) is 11.5 Å². The number of carbonyl (C=O) groups is 2. The monoisotopic (exact) mass is 894 g/mol. The summed E-state index contributed by atoms with van der Waals surface area (Å²) in [5.41, 5.74) is 37.8. The van der Waals surface area contributed by atoms with Gasteiger partial charge in [-0.1, -0.05) is 41.5 Å². The molecule has 3 rings (SSSR count). The number of ether oxygens (including phenoxy) is 2. The number of thioether (sulfide) groups is 2. The van der Waals surface area contributed by atoms with Gasteiger partial charge in [0.15, 0.2) is 23.8 Å². The summed E-state index contributed by atoms with van der Waals surface area (Å²) in [4.78, 5) is 30.4. The van der Waals surface area contributed by atoms with Crippen molar-refractivity contribution in [1.29, 1.82) is 21.6 Å². The molecule has 0 aliphatic carbocycles. The Bertz CT molecular complexity index is 1990. The van der Waals surface area contributed by atoms with E-state index < -0.39 is 11.8 Å². The Morgan fingerprint density at radius 1 is 0.548 bits per heavy atom. The van der Waals surface area contributed by atoms with Crippen LogP contribution >= 0.6 is 23.5 Å². The number of nitrogens with one attached hydrogen (secondary N) is 10. The molecule has 0 atom stereocenters. The molecule has 3 aromatic carbocycles. The molecule has 22 heteroatoms. The summed E-state index contributed by atoms with van der Waals surface area (Å²) in [5, 5.41) is 47.0. The third kappa shape index (κ3) is 15.6. The molecule has 3 aromatic rings. The van der Waals surface area contributed by atoms with Crippen LogP contribution in [0.25, 0.3) is 0 Å². The molecule has 0 radical (unpaired) electrons. The lowest BCUT2D eigenvalue weighted by molar-refractivity contribution is 0.102. The van der Waals surface area contributed by atoms with Crippen LogP contribution < -0.4 is 75.8 Å². The fourth-order valence-corrected chi connectivity index (χ4v) is 7.38. The fraction of sp³-hybridized carbons (Fsp3) is 0.400. The minimum absolute atomic E-state index is 0.0334. The molecule has 62 heavy (non-hydrogen) atoms. The Morgan fingerprint density at radius 2 is 0.887 bits per heavy atom. The Labute approximate surface area is 370 Å². The van der Waals surface area contributed by atoms with Crippen molar-refractivity contribution in [2.24, 2.45) is 22.9 Å². The SMILES string of the molecule is CC(C)(C)c1cc(N)c(SCCNC(=N)N)c(NC(=O)c2cc(C(=O)Nc3cc(C(C)(C)C)cc(N)c3SCCNC(=N)N)c(OCCNC(=N)N)cc2OCCNC(=N)N)c1. The lowest BCUT2D eigenvalue weighted by Gasteiger charge is -2.24. The molecular weight excluding hydrogens is 833 g/mol. The Morgan fingerprint density at radius 3 is 1.21 bits per heavy atom. The van der Waals surface area contributed by atoms with E-state index in [1.165, 1.54) is 35.7 Å². The summed E-state index contributed by atoms with van der Waals surface area (Å²) in [6.07, 6.45) is 0. The Hall–Kier alpha value is -6.42. The second-order valence-electron chi connectivity index (χ2n) is 15.9. The van der Waals surface area contributed by atoms with E-state index in [2.05, 4.69) is 31.9 Å². The predicted molar refractivity (Wildman–Crippen MR) is 254 cm³/mol. The highest BCUT2D eigenvalue weighted by Crippen LogP contribution is 2.40. The lowest BCUT2D eigenvalue weighted by Crippen LogP contribution is -2.34. The van der Waals surface area contributed by atoms with Crippen LogP contribution in [0.1, 0.15) is 73.4 Å². The van der Waals surface area contributed by atoms with Gasteiger partial charge in [-0.05, 0) is 52.3 Å². The second kappa shape index (κ2) is 22.4. The number of nitrogens with two attached hydrogens (primary N) is 6.